The number of hydrogen-bond donors (Lipinski definition) is 1. The summed E-state index contributed by atoms with van der Waals surface area (Å²) in [7, 11) is 0. The van der Waals surface area contributed by atoms with Gasteiger partial charge in [0, 0.05) is 0 Å². The first kappa shape index (κ1) is 15.1. The Hall–Kier alpha value is -3.41. The average Bonchev–Trinajstić information content (AvgIpc) is 3.11. The van der Waals surface area contributed by atoms with E-state index in [0.717, 1.165) is 11.1 Å². The van der Waals surface area contributed by atoms with E-state index >= 15 is 0 Å². The van der Waals surface area contributed by atoms with Crippen LogP contribution in [0.15, 0.2) is 70.5 Å². The van der Waals surface area contributed by atoms with E-state index in [1.807, 2.05) is 61.5 Å². The molecule has 1 N–H and O–H groups in total. The molecule has 0 aliphatic heterocycles. The van der Waals surface area contributed by atoms with Crippen LogP contribution in [-0.4, -0.2) is 19.1 Å². The standard InChI is InChI=1S/C19H16N4O2/c1-13-7-9-15(10-8-13)23-17-16(20-12-21-17)18(24)22(19(23)25)11-14-5-3-2-4-6-14/h2-10,12H,11H2,1H3,(H,20,21). The fourth-order valence-corrected chi connectivity index (χ4v) is 2.88. The molecular formula is C19H16N4O2. The van der Waals surface area contributed by atoms with Crippen molar-refractivity contribution in [2.75, 3.05) is 0 Å². The van der Waals surface area contributed by atoms with Crippen molar-refractivity contribution in [1.29, 1.82) is 0 Å². The molecule has 4 aromatic rings. The van der Waals surface area contributed by atoms with E-state index in [1.165, 1.54) is 15.5 Å². The molecule has 0 saturated heterocycles. The van der Waals surface area contributed by atoms with Crippen molar-refractivity contribution in [3.8, 4) is 5.69 Å². The van der Waals surface area contributed by atoms with Crippen LogP contribution in [0.4, 0.5) is 0 Å². The lowest BCUT2D eigenvalue weighted by atomic mass is 10.2. The van der Waals surface area contributed by atoms with Crippen LogP contribution in [0.1, 0.15) is 11.1 Å². The van der Waals surface area contributed by atoms with Crippen molar-refractivity contribution in [3.63, 3.8) is 0 Å². The maximum Gasteiger partial charge on any atom is 0.337 e. The quantitative estimate of drug-likeness (QED) is 0.625. The Morgan fingerprint density at radius 3 is 2.44 bits per heavy atom. The Morgan fingerprint density at radius 2 is 1.72 bits per heavy atom. The first-order valence-electron chi connectivity index (χ1n) is 7.95. The molecule has 6 heteroatoms. The molecule has 2 heterocycles. The zero-order valence-electron chi connectivity index (χ0n) is 13.6. The monoisotopic (exact) mass is 332 g/mol. The molecule has 0 saturated carbocycles. The van der Waals surface area contributed by atoms with Gasteiger partial charge in [0.1, 0.15) is 5.52 Å². The Balaban J connectivity index is 2.00. The number of hydrogen-bond acceptors (Lipinski definition) is 3. The van der Waals surface area contributed by atoms with Crippen LogP contribution in [0.5, 0.6) is 0 Å². The van der Waals surface area contributed by atoms with Gasteiger partial charge in [-0.3, -0.25) is 9.36 Å². The summed E-state index contributed by atoms with van der Waals surface area (Å²) < 4.78 is 2.70. The Bertz CT molecular complexity index is 1150. The number of imidazole rings is 1. The molecule has 2 aromatic heterocycles. The van der Waals surface area contributed by atoms with Gasteiger partial charge in [-0.1, -0.05) is 48.0 Å². The second kappa shape index (κ2) is 5.90. The number of aromatic amines is 1. The van der Waals surface area contributed by atoms with E-state index in [9.17, 15) is 9.59 Å². The summed E-state index contributed by atoms with van der Waals surface area (Å²) >= 11 is 0. The second-order valence-corrected chi connectivity index (χ2v) is 5.93. The maximum atomic E-state index is 13.1. The van der Waals surface area contributed by atoms with Crippen LogP contribution < -0.4 is 11.2 Å². The summed E-state index contributed by atoms with van der Waals surface area (Å²) in [6.45, 7) is 2.19. The maximum absolute atomic E-state index is 13.1. The molecule has 124 valence electrons. The summed E-state index contributed by atoms with van der Waals surface area (Å²) in [4.78, 5) is 32.8. The lowest BCUT2D eigenvalue weighted by Crippen LogP contribution is -2.39. The smallest absolute Gasteiger partial charge is 0.337 e. The molecule has 0 amide bonds. The van der Waals surface area contributed by atoms with Crippen LogP contribution in [0, 0.1) is 6.92 Å². The van der Waals surface area contributed by atoms with Gasteiger partial charge in [0.05, 0.1) is 18.6 Å². The first-order chi connectivity index (χ1) is 12.1. The van der Waals surface area contributed by atoms with Gasteiger partial charge < -0.3 is 4.98 Å². The molecule has 0 aliphatic rings. The molecule has 6 nitrogen and oxygen atoms in total. The van der Waals surface area contributed by atoms with Gasteiger partial charge in [-0.25, -0.2) is 14.3 Å². The minimum Gasteiger partial charge on any atom is -0.339 e. The van der Waals surface area contributed by atoms with E-state index in [0.29, 0.717) is 16.9 Å². The van der Waals surface area contributed by atoms with E-state index in [2.05, 4.69) is 9.97 Å². The largest absolute Gasteiger partial charge is 0.339 e. The Labute approximate surface area is 143 Å². The first-order valence-corrected chi connectivity index (χ1v) is 7.95. The average molecular weight is 332 g/mol. The second-order valence-electron chi connectivity index (χ2n) is 5.93. The molecule has 0 radical (unpaired) electrons. The van der Waals surface area contributed by atoms with E-state index in [1.54, 1.807) is 0 Å². The molecule has 0 aliphatic carbocycles. The van der Waals surface area contributed by atoms with Crippen LogP contribution in [-0.2, 0) is 6.54 Å². The van der Waals surface area contributed by atoms with Gasteiger partial charge in [0.25, 0.3) is 5.56 Å². The van der Waals surface area contributed by atoms with Crippen LogP contribution in [0.2, 0.25) is 0 Å². The molecule has 0 unspecified atom stereocenters. The van der Waals surface area contributed by atoms with E-state index in [-0.39, 0.29) is 12.1 Å². The topological polar surface area (TPSA) is 72.7 Å². The number of H-pyrrole nitrogens is 1. The highest BCUT2D eigenvalue weighted by atomic mass is 16.2. The van der Waals surface area contributed by atoms with Crippen molar-refractivity contribution in [2.45, 2.75) is 13.5 Å². The SMILES string of the molecule is Cc1ccc(-n2c(=O)n(Cc3ccccc3)c(=O)c3[nH]cnc32)cc1. The molecule has 0 bridgehead atoms. The highest BCUT2D eigenvalue weighted by Crippen LogP contribution is 2.12. The fourth-order valence-electron chi connectivity index (χ4n) is 2.88. The van der Waals surface area contributed by atoms with Gasteiger partial charge in [-0.05, 0) is 24.6 Å². The number of rotatable bonds is 3. The van der Waals surface area contributed by atoms with Crippen molar-refractivity contribution < 1.29 is 0 Å². The lowest BCUT2D eigenvalue weighted by molar-refractivity contribution is 0.683. The molecule has 25 heavy (non-hydrogen) atoms. The number of aromatic nitrogens is 4. The van der Waals surface area contributed by atoms with Gasteiger partial charge >= 0.3 is 5.69 Å². The summed E-state index contributed by atoms with van der Waals surface area (Å²) in [6.07, 6.45) is 1.43. The Morgan fingerprint density at radius 1 is 1.00 bits per heavy atom. The Kier molecular flexibility index (Phi) is 3.57. The predicted octanol–water partition coefficient (Wildman–Crippen LogP) is 2.23. The predicted molar refractivity (Wildman–Crippen MR) is 96.2 cm³/mol. The van der Waals surface area contributed by atoms with Gasteiger partial charge in [0.15, 0.2) is 5.65 Å². The molecule has 0 fully saturated rings. The van der Waals surface area contributed by atoms with Crippen LogP contribution in [0.25, 0.3) is 16.9 Å². The summed E-state index contributed by atoms with van der Waals surface area (Å²) in [5, 5.41) is 0. The zero-order chi connectivity index (χ0) is 17.4. The zero-order valence-corrected chi connectivity index (χ0v) is 13.6. The van der Waals surface area contributed by atoms with Crippen molar-refractivity contribution in [1.82, 2.24) is 19.1 Å². The highest BCUT2D eigenvalue weighted by molar-refractivity contribution is 5.71. The lowest BCUT2D eigenvalue weighted by Gasteiger charge is -2.11. The summed E-state index contributed by atoms with van der Waals surface area (Å²) in [5.41, 5.74) is 2.53. The number of nitrogens with zero attached hydrogens (tertiary/aromatic N) is 3. The van der Waals surface area contributed by atoms with Crippen molar-refractivity contribution in [2.24, 2.45) is 0 Å². The minimum absolute atomic E-state index is 0.208. The van der Waals surface area contributed by atoms with Gasteiger partial charge in [0.2, 0.25) is 0 Å². The fraction of sp³-hybridized carbons (Fsp3) is 0.105. The van der Waals surface area contributed by atoms with Crippen LogP contribution >= 0.6 is 0 Å². The van der Waals surface area contributed by atoms with Crippen LogP contribution in [0.3, 0.4) is 0 Å². The highest BCUT2D eigenvalue weighted by Gasteiger charge is 2.16. The van der Waals surface area contributed by atoms with Crippen molar-refractivity contribution >= 4 is 11.2 Å². The normalized spacial score (nSPS) is 11.1. The van der Waals surface area contributed by atoms with Crippen molar-refractivity contribution in [3.05, 3.63) is 92.9 Å². The molecule has 0 atom stereocenters. The van der Waals surface area contributed by atoms with Gasteiger partial charge in [-0.15, -0.1) is 0 Å². The van der Waals surface area contributed by atoms with E-state index in [4.69, 9.17) is 0 Å². The third-order valence-electron chi connectivity index (χ3n) is 4.19. The molecule has 0 spiro atoms. The van der Waals surface area contributed by atoms with E-state index < -0.39 is 5.69 Å². The number of benzene rings is 2. The summed E-state index contributed by atoms with van der Waals surface area (Å²) in [5.74, 6) is 0. The number of fused-ring (bicyclic) bond motifs is 1. The summed E-state index contributed by atoms with van der Waals surface area (Å²) in [6, 6.07) is 17.0. The third-order valence-corrected chi connectivity index (χ3v) is 4.19. The molecular weight excluding hydrogens is 316 g/mol. The van der Waals surface area contributed by atoms with Gasteiger partial charge in [-0.2, -0.15) is 0 Å². The molecule has 4 rings (SSSR count). The number of aryl methyl sites for hydroxylation is 1. The number of nitrogens with one attached hydrogen (secondary N) is 1. The third kappa shape index (κ3) is 2.57. The minimum atomic E-state index is -0.405. The molecule has 2 aromatic carbocycles.